The number of pyridine rings is 1. The van der Waals surface area contributed by atoms with Gasteiger partial charge in [-0.2, -0.15) is 0 Å². The molecule has 0 aliphatic rings. The molecule has 6 heteroatoms. The van der Waals surface area contributed by atoms with Crippen molar-refractivity contribution in [3.8, 4) is 0 Å². The molecule has 0 aliphatic carbocycles. The van der Waals surface area contributed by atoms with Gasteiger partial charge in [-0.25, -0.2) is 0 Å². The third kappa shape index (κ3) is 5.26. The van der Waals surface area contributed by atoms with Crippen LogP contribution in [-0.2, 0) is 0 Å². The topological polar surface area (TPSA) is 88.0 Å². The number of H-pyrrole nitrogens is 1. The summed E-state index contributed by atoms with van der Waals surface area (Å²) in [5.74, 6) is -0.244. The van der Waals surface area contributed by atoms with Gasteiger partial charge in [0.25, 0.3) is 5.91 Å². The normalized spacial score (nSPS) is 9.88. The zero-order chi connectivity index (χ0) is 12.7. The minimum absolute atomic E-state index is 0.244. The van der Waals surface area contributed by atoms with Crippen LogP contribution in [0.3, 0.4) is 0 Å². The molecule has 0 bridgehead atoms. The Hall–Kier alpha value is -1.69. The lowest BCUT2D eigenvalue weighted by Crippen LogP contribution is -2.25. The standard InChI is InChI=1S/C11H15N3O2S/c12-9(17)3-1-2-5-14-11(16)8-4-6-13-10(15)7-8/h4,6-7H,1-3,5H2,(H2,12,17)(H,13,15)(H,14,16). The van der Waals surface area contributed by atoms with Crippen molar-refractivity contribution in [3.63, 3.8) is 0 Å². The van der Waals surface area contributed by atoms with Gasteiger partial charge in [-0.05, 0) is 25.3 Å². The molecular formula is C11H15N3O2S. The van der Waals surface area contributed by atoms with Crippen molar-refractivity contribution < 1.29 is 4.79 Å². The fourth-order valence-electron chi connectivity index (χ4n) is 1.31. The number of amides is 1. The number of nitrogens with one attached hydrogen (secondary N) is 2. The highest BCUT2D eigenvalue weighted by Crippen LogP contribution is 1.96. The van der Waals surface area contributed by atoms with Gasteiger partial charge in [0.1, 0.15) is 0 Å². The highest BCUT2D eigenvalue weighted by molar-refractivity contribution is 7.80. The fourth-order valence-corrected chi connectivity index (χ4v) is 1.46. The number of unbranched alkanes of at least 4 members (excludes halogenated alkanes) is 1. The fraction of sp³-hybridized carbons (Fsp3) is 0.364. The molecule has 0 saturated carbocycles. The maximum Gasteiger partial charge on any atom is 0.251 e. The van der Waals surface area contributed by atoms with Gasteiger partial charge < -0.3 is 16.0 Å². The molecule has 0 radical (unpaired) electrons. The number of carbonyl (C=O) groups is 1. The second-order valence-electron chi connectivity index (χ2n) is 3.62. The van der Waals surface area contributed by atoms with E-state index >= 15 is 0 Å². The van der Waals surface area contributed by atoms with E-state index in [4.69, 9.17) is 18.0 Å². The van der Waals surface area contributed by atoms with E-state index in [1.165, 1.54) is 12.3 Å². The monoisotopic (exact) mass is 253 g/mol. The molecule has 92 valence electrons. The first kappa shape index (κ1) is 13.4. The van der Waals surface area contributed by atoms with Crippen LogP contribution in [-0.4, -0.2) is 22.4 Å². The van der Waals surface area contributed by atoms with E-state index in [1.54, 1.807) is 6.07 Å². The lowest BCUT2D eigenvalue weighted by atomic mass is 10.2. The first-order chi connectivity index (χ1) is 8.09. The highest BCUT2D eigenvalue weighted by Gasteiger charge is 2.04. The molecule has 5 nitrogen and oxygen atoms in total. The van der Waals surface area contributed by atoms with Gasteiger partial charge in [0.05, 0.1) is 4.99 Å². The zero-order valence-electron chi connectivity index (χ0n) is 9.36. The van der Waals surface area contributed by atoms with Crippen molar-refractivity contribution in [2.45, 2.75) is 19.3 Å². The van der Waals surface area contributed by atoms with Crippen molar-refractivity contribution in [1.82, 2.24) is 10.3 Å². The lowest BCUT2D eigenvalue weighted by molar-refractivity contribution is 0.0953. The van der Waals surface area contributed by atoms with Gasteiger partial charge in [-0.3, -0.25) is 9.59 Å². The van der Waals surface area contributed by atoms with Gasteiger partial charge in [0.2, 0.25) is 5.56 Å². The molecule has 1 heterocycles. The van der Waals surface area contributed by atoms with E-state index in [0.717, 1.165) is 12.8 Å². The molecule has 4 N–H and O–H groups in total. The highest BCUT2D eigenvalue weighted by atomic mass is 32.1. The van der Waals surface area contributed by atoms with Crippen molar-refractivity contribution in [2.24, 2.45) is 5.73 Å². The van der Waals surface area contributed by atoms with E-state index in [0.29, 0.717) is 23.5 Å². The predicted molar refractivity (Wildman–Crippen MR) is 70.0 cm³/mol. The number of aromatic amines is 1. The molecule has 1 amide bonds. The average Bonchev–Trinajstić information content (AvgIpc) is 2.28. The van der Waals surface area contributed by atoms with Crippen LogP contribution in [0.5, 0.6) is 0 Å². The second kappa shape index (κ2) is 6.80. The molecule has 0 aliphatic heterocycles. The number of hydrogen-bond acceptors (Lipinski definition) is 3. The minimum Gasteiger partial charge on any atom is -0.393 e. The van der Waals surface area contributed by atoms with Crippen LogP contribution in [0.4, 0.5) is 0 Å². The molecule has 17 heavy (non-hydrogen) atoms. The van der Waals surface area contributed by atoms with Crippen LogP contribution in [0.2, 0.25) is 0 Å². The third-order valence-corrected chi connectivity index (χ3v) is 2.38. The smallest absolute Gasteiger partial charge is 0.251 e. The Bertz CT molecular complexity index is 456. The largest absolute Gasteiger partial charge is 0.393 e. The van der Waals surface area contributed by atoms with E-state index in [9.17, 15) is 9.59 Å². The Morgan fingerprint density at radius 3 is 2.88 bits per heavy atom. The molecule has 1 rings (SSSR count). The molecule has 0 fully saturated rings. The Balaban J connectivity index is 2.30. The van der Waals surface area contributed by atoms with Crippen LogP contribution >= 0.6 is 12.2 Å². The van der Waals surface area contributed by atoms with Crippen molar-refractivity contribution in [1.29, 1.82) is 0 Å². The molecule has 0 saturated heterocycles. The van der Waals surface area contributed by atoms with E-state index < -0.39 is 0 Å². The number of thiocarbonyl (C=S) groups is 1. The minimum atomic E-state index is -0.286. The average molecular weight is 253 g/mol. The van der Waals surface area contributed by atoms with E-state index in [-0.39, 0.29) is 11.5 Å². The van der Waals surface area contributed by atoms with Crippen LogP contribution in [0.25, 0.3) is 0 Å². The van der Waals surface area contributed by atoms with Crippen molar-refractivity contribution in [2.75, 3.05) is 6.54 Å². The molecule has 1 aromatic rings. The molecule has 0 spiro atoms. The van der Waals surface area contributed by atoms with Crippen LogP contribution < -0.4 is 16.6 Å². The predicted octanol–water partition coefficient (Wildman–Crippen LogP) is 0.561. The lowest BCUT2D eigenvalue weighted by Gasteiger charge is -2.04. The summed E-state index contributed by atoms with van der Waals surface area (Å²) in [7, 11) is 0. The Morgan fingerprint density at radius 1 is 1.47 bits per heavy atom. The quantitative estimate of drug-likeness (QED) is 0.510. The first-order valence-electron chi connectivity index (χ1n) is 5.35. The van der Waals surface area contributed by atoms with Gasteiger partial charge in [0.15, 0.2) is 0 Å². The molecule has 0 aromatic carbocycles. The van der Waals surface area contributed by atoms with E-state index in [2.05, 4.69) is 10.3 Å². The molecule has 1 aromatic heterocycles. The van der Waals surface area contributed by atoms with Crippen LogP contribution in [0.15, 0.2) is 23.1 Å². The van der Waals surface area contributed by atoms with Gasteiger partial charge >= 0.3 is 0 Å². The Kier molecular flexibility index (Phi) is 5.35. The van der Waals surface area contributed by atoms with Gasteiger partial charge in [-0.15, -0.1) is 0 Å². The van der Waals surface area contributed by atoms with Crippen LogP contribution in [0.1, 0.15) is 29.6 Å². The van der Waals surface area contributed by atoms with Crippen molar-refractivity contribution >= 4 is 23.1 Å². The Labute approximate surface area is 104 Å². The summed E-state index contributed by atoms with van der Waals surface area (Å²) in [5, 5.41) is 2.72. The number of hydrogen-bond donors (Lipinski definition) is 3. The first-order valence-corrected chi connectivity index (χ1v) is 5.75. The number of carbonyl (C=O) groups excluding carboxylic acids is 1. The molecular weight excluding hydrogens is 238 g/mol. The summed E-state index contributed by atoms with van der Waals surface area (Å²) in [5.41, 5.74) is 5.43. The van der Waals surface area contributed by atoms with E-state index in [1.807, 2.05) is 0 Å². The second-order valence-corrected chi connectivity index (χ2v) is 4.15. The number of aromatic nitrogens is 1. The Morgan fingerprint density at radius 2 is 2.24 bits per heavy atom. The summed E-state index contributed by atoms with van der Waals surface area (Å²) < 4.78 is 0. The van der Waals surface area contributed by atoms with Crippen LogP contribution in [0, 0.1) is 0 Å². The SMILES string of the molecule is NC(=S)CCCCNC(=O)c1cc[nH]c(=O)c1. The van der Waals surface area contributed by atoms with Gasteiger partial charge in [0, 0.05) is 24.4 Å². The summed E-state index contributed by atoms with van der Waals surface area (Å²) in [6, 6.07) is 2.83. The number of nitrogens with two attached hydrogens (primary N) is 1. The zero-order valence-corrected chi connectivity index (χ0v) is 10.2. The molecule has 0 unspecified atom stereocenters. The summed E-state index contributed by atoms with van der Waals surface area (Å²) >= 11 is 4.74. The van der Waals surface area contributed by atoms with Gasteiger partial charge in [-0.1, -0.05) is 12.2 Å². The summed E-state index contributed by atoms with van der Waals surface area (Å²) in [4.78, 5) is 25.5. The summed E-state index contributed by atoms with van der Waals surface area (Å²) in [6.45, 7) is 0.550. The maximum atomic E-state index is 11.6. The molecule has 0 atom stereocenters. The number of rotatable bonds is 6. The maximum absolute atomic E-state index is 11.6. The van der Waals surface area contributed by atoms with Crippen molar-refractivity contribution in [3.05, 3.63) is 34.2 Å². The summed E-state index contributed by atoms with van der Waals surface area (Å²) in [6.07, 6.45) is 3.80. The third-order valence-electron chi connectivity index (χ3n) is 2.17.